The van der Waals surface area contributed by atoms with E-state index in [4.69, 9.17) is 9.73 Å². The van der Waals surface area contributed by atoms with Gasteiger partial charge in [-0.2, -0.15) is 0 Å². The van der Waals surface area contributed by atoms with E-state index in [-0.39, 0.29) is 5.91 Å². The first-order valence-electron chi connectivity index (χ1n) is 10.1. The maximum Gasteiger partial charge on any atom is 0.266 e. The van der Waals surface area contributed by atoms with Gasteiger partial charge in [-0.15, -0.1) is 0 Å². The Hall–Kier alpha value is -1.68. The largest absolute Gasteiger partial charge is 0.379 e. The van der Waals surface area contributed by atoms with Crippen LogP contribution in [0.1, 0.15) is 12.0 Å². The van der Waals surface area contributed by atoms with E-state index in [9.17, 15) is 4.79 Å². The Bertz CT molecular complexity index is 942. The number of hydrogen-bond donors (Lipinski definition) is 0. The zero-order valence-electron chi connectivity index (χ0n) is 16.7. The molecule has 0 aliphatic carbocycles. The fraction of sp³-hybridized carbons (Fsp3) is 0.304. The van der Waals surface area contributed by atoms with Crippen molar-refractivity contribution in [2.75, 3.05) is 39.4 Å². The first-order valence-corrected chi connectivity index (χ1v) is 12.0. The molecule has 1 amide bonds. The topological polar surface area (TPSA) is 45.1 Å². The van der Waals surface area contributed by atoms with Crippen molar-refractivity contribution in [2.24, 2.45) is 4.99 Å². The first-order chi connectivity index (χ1) is 14.7. The monoisotopic (exact) mass is 533 g/mol. The molecule has 2 aromatic carbocycles. The number of carbonyl (C=O) groups is 1. The molecule has 2 saturated heterocycles. The number of ether oxygens (including phenoxy) is 1. The van der Waals surface area contributed by atoms with Gasteiger partial charge in [-0.05, 0) is 76.7 Å². The van der Waals surface area contributed by atoms with Crippen molar-refractivity contribution >= 4 is 57.2 Å². The van der Waals surface area contributed by atoms with Crippen LogP contribution in [0.2, 0.25) is 0 Å². The predicted molar refractivity (Wildman–Crippen MR) is 132 cm³/mol. The minimum Gasteiger partial charge on any atom is -0.379 e. The molecule has 2 fully saturated rings. The molecule has 0 saturated carbocycles. The van der Waals surface area contributed by atoms with Crippen molar-refractivity contribution in [1.82, 2.24) is 9.80 Å². The lowest BCUT2D eigenvalue weighted by molar-refractivity contribution is -0.122. The summed E-state index contributed by atoms with van der Waals surface area (Å²) in [6, 6.07) is 18.0. The van der Waals surface area contributed by atoms with E-state index in [0.29, 0.717) is 6.54 Å². The maximum atomic E-state index is 13.2. The number of hydrogen-bond acceptors (Lipinski definition) is 5. The zero-order chi connectivity index (χ0) is 20.8. The summed E-state index contributed by atoms with van der Waals surface area (Å²) in [4.78, 5) is 22.9. The molecule has 0 bridgehead atoms. The highest BCUT2D eigenvalue weighted by molar-refractivity contribution is 14.1. The number of para-hydroxylation sites is 1. The number of halogens is 1. The lowest BCUT2D eigenvalue weighted by Gasteiger charge is -2.27. The van der Waals surface area contributed by atoms with Crippen LogP contribution in [-0.4, -0.2) is 60.3 Å². The van der Waals surface area contributed by atoms with Gasteiger partial charge in [-0.25, -0.2) is 4.99 Å². The van der Waals surface area contributed by atoms with E-state index in [0.717, 1.165) is 64.2 Å². The lowest BCUT2D eigenvalue weighted by atomic mass is 10.2. The molecule has 0 unspecified atom stereocenters. The third kappa shape index (κ3) is 5.72. The summed E-state index contributed by atoms with van der Waals surface area (Å²) >= 11 is 3.75. The van der Waals surface area contributed by atoms with Crippen LogP contribution in [0.15, 0.2) is 64.5 Å². The van der Waals surface area contributed by atoms with Crippen molar-refractivity contribution < 1.29 is 9.53 Å². The minimum absolute atomic E-state index is 0.0375. The van der Waals surface area contributed by atoms with Crippen LogP contribution in [0.5, 0.6) is 0 Å². The molecule has 0 radical (unpaired) electrons. The molecule has 0 aromatic heterocycles. The molecule has 4 rings (SSSR count). The van der Waals surface area contributed by atoms with Gasteiger partial charge in [0.05, 0.1) is 23.8 Å². The van der Waals surface area contributed by atoms with Gasteiger partial charge in [-0.3, -0.25) is 14.6 Å². The van der Waals surface area contributed by atoms with Crippen LogP contribution in [0.3, 0.4) is 0 Å². The van der Waals surface area contributed by atoms with Crippen molar-refractivity contribution in [3.05, 3.63) is 68.6 Å². The summed E-state index contributed by atoms with van der Waals surface area (Å²) in [5.74, 6) is 0.0375. The average Bonchev–Trinajstić information content (AvgIpc) is 3.04. The van der Waals surface area contributed by atoms with Crippen LogP contribution >= 0.6 is 34.4 Å². The normalized spacial score (nSPS) is 20.4. The Morgan fingerprint density at radius 3 is 2.63 bits per heavy atom. The number of aliphatic imine (C=N–C) groups is 1. The molecule has 2 heterocycles. The molecular formula is C23H24IN3O2S. The fourth-order valence-electron chi connectivity index (χ4n) is 3.43. The van der Waals surface area contributed by atoms with Crippen LogP contribution in [0, 0.1) is 3.57 Å². The number of thioether (sulfide) groups is 1. The molecule has 0 N–H and O–H groups in total. The van der Waals surface area contributed by atoms with Gasteiger partial charge < -0.3 is 4.74 Å². The molecule has 30 heavy (non-hydrogen) atoms. The Morgan fingerprint density at radius 2 is 1.87 bits per heavy atom. The number of benzene rings is 2. The molecule has 2 aliphatic rings. The highest BCUT2D eigenvalue weighted by atomic mass is 127. The fourth-order valence-corrected chi connectivity index (χ4v) is 5.02. The highest BCUT2D eigenvalue weighted by Crippen LogP contribution is 2.34. The molecule has 0 atom stereocenters. The second-order valence-electron chi connectivity index (χ2n) is 7.16. The molecular weight excluding hydrogens is 509 g/mol. The molecule has 0 spiro atoms. The summed E-state index contributed by atoms with van der Waals surface area (Å²) in [5.41, 5.74) is 1.90. The molecule has 7 heteroatoms. The summed E-state index contributed by atoms with van der Waals surface area (Å²) in [7, 11) is 0. The van der Waals surface area contributed by atoms with Crippen LogP contribution in [0.4, 0.5) is 5.69 Å². The second kappa shape index (κ2) is 10.6. The second-order valence-corrected chi connectivity index (χ2v) is 9.41. The average molecular weight is 533 g/mol. The summed E-state index contributed by atoms with van der Waals surface area (Å²) in [6.07, 6.45) is 2.88. The quantitative estimate of drug-likeness (QED) is 0.402. The number of amides is 1. The third-order valence-electron chi connectivity index (χ3n) is 4.98. The minimum atomic E-state index is 0.0375. The smallest absolute Gasteiger partial charge is 0.266 e. The van der Waals surface area contributed by atoms with Gasteiger partial charge in [0.1, 0.15) is 0 Å². The summed E-state index contributed by atoms with van der Waals surface area (Å²) < 4.78 is 6.57. The van der Waals surface area contributed by atoms with E-state index < -0.39 is 0 Å². The van der Waals surface area contributed by atoms with E-state index >= 15 is 0 Å². The van der Waals surface area contributed by atoms with Gasteiger partial charge in [-0.1, -0.05) is 30.3 Å². The number of amidine groups is 1. The Morgan fingerprint density at radius 1 is 1.07 bits per heavy atom. The van der Waals surface area contributed by atoms with E-state index in [1.54, 1.807) is 0 Å². The molecule has 5 nitrogen and oxygen atoms in total. The highest BCUT2D eigenvalue weighted by Gasteiger charge is 2.33. The summed E-state index contributed by atoms with van der Waals surface area (Å²) in [6.45, 7) is 5.14. The predicted octanol–water partition coefficient (Wildman–Crippen LogP) is 4.62. The molecule has 2 aliphatic heterocycles. The standard InChI is InChI=1S/C23H24IN3O2S/c24-19-7-4-6-18(16-19)17-21-22(28)27(11-5-10-26-12-14-29-15-13-26)23(30-21)25-20-8-2-1-3-9-20/h1-4,6-9,16-17H,5,10-15H2. The van der Waals surface area contributed by atoms with Gasteiger partial charge in [0, 0.05) is 29.7 Å². The number of carbonyl (C=O) groups excluding carboxylic acids is 1. The van der Waals surface area contributed by atoms with Gasteiger partial charge >= 0.3 is 0 Å². The Balaban J connectivity index is 1.52. The molecule has 156 valence electrons. The summed E-state index contributed by atoms with van der Waals surface area (Å²) in [5, 5.41) is 0.755. The van der Waals surface area contributed by atoms with Crippen molar-refractivity contribution in [1.29, 1.82) is 0 Å². The Labute approximate surface area is 195 Å². The van der Waals surface area contributed by atoms with Crippen molar-refractivity contribution in [3.8, 4) is 0 Å². The van der Waals surface area contributed by atoms with Crippen molar-refractivity contribution in [2.45, 2.75) is 6.42 Å². The number of rotatable bonds is 6. The van der Waals surface area contributed by atoms with E-state index in [1.807, 2.05) is 59.5 Å². The van der Waals surface area contributed by atoms with E-state index in [2.05, 4.69) is 33.6 Å². The molecule has 2 aromatic rings. The third-order valence-corrected chi connectivity index (χ3v) is 6.65. The van der Waals surface area contributed by atoms with Crippen LogP contribution in [-0.2, 0) is 9.53 Å². The van der Waals surface area contributed by atoms with Gasteiger partial charge in [0.15, 0.2) is 5.17 Å². The van der Waals surface area contributed by atoms with Gasteiger partial charge in [0.2, 0.25) is 0 Å². The zero-order valence-corrected chi connectivity index (χ0v) is 19.6. The van der Waals surface area contributed by atoms with E-state index in [1.165, 1.54) is 11.8 Å². The van der Waals surface area contributed by atoms with Crippen molar-refractivity contribution in [3.63, 3.8) is 0 Å². The van der Waals surface area contributed by atoms with Crippen LogP contribution < -0.4 is 0 Å². The lowest BCUT2D eigenvalue weighted by Crippen LogP contribution is -2.38. The maximum absolute atomic E-state index is 13.2. The SMILES string of the molecule is O=C1C(=Cc2cccc(I)c2)SC(=Nc2ccccc2)N1CCCN1CCOCC1. The van der Waals surface area contributed by atoms with Crippen LogP contribution in [0.25, 0.3) is 6.08 Å². The first kappa shape index (κ1) is 21.5. The number of nitrogens with zero attached hydrogens (tertiary/aromatic N) is 3. The Kier molecular flexibility index (Phi) is 7.59. The number of morpholine rings is 1. The van der Waals surface area contributed by atoms with Gasteiger partial charge in [0.25, 0.3) is 5.91 Å².